The largest absolute Gasteiger partial charge is 0.464 e. The van der Waals surface area contributed by atoms with Crippen molar-refractivity contribution < 1.29 is 14.3 Å². The Labute approximate surface area is 71.3 Å². The highest BCUT2D eigenvalue weighted by Crippen LogP contribution is 2.31. The van der Waals surface area contributed by atoms with E-state index in [0.29, 0.717) is 6.61 Å². The van der Waals surface area contributed by atoms with Crippen LogP contribution in [0.25, 0.3) is 0 Å². The van der Waals surface area contributed by atoms with Crippen LogP contribution in [0.5, 0.6) is 0 Å². The van der Waals surface area contributed by atoms with E-state index in [-0.39, 0.29) is 12.5 Å². The van der Waals surface area contributed by atoms with Crippen LogP contribution < -0.4 is 5.32 Å². The highest BCUT2D eigenvalue weighted by atomic mass is 16.5. The lowest BCUT2D eigenvalue weighted by Gasteiger charge is -2.01. The summed E-state index contributed by atoms with van der Waals surface area (Å²) in [7, 11) is 0. The average Bonchev–Trinajstić information content (AvgIpc) is 2.84. The Morgan fingerprint density at radius 2 is 2.33 bits per heavy atom. The maximum absolute atomic E-state index is 10.7. The first-order valence-electron chi connectivity index (χ1n) is 4.08. The topological polar surface area (TPSA) is 55.4 Å². The fourth-order valence-corrected chi connectivity index (χ4v) is 0.905. The summed E-state index contributed by atoms with van der Waals surface area (Å²) in [5.74, 6) is 0.377. The molecule has 0 heterocycles. The fraction of sp³-hybridized carbons (Fsp3) is 0.750. The Morgan fingerprint density at radius 1 is 1.58 bits per heavy atom. The molecule has 4 heteroatoms. The van der Waals surface area contributed by atoms with Crippen molar-refractivity contribution in [2.24, 2.45) is 5.92 Å². The summed E-state index contributed by atoms with van der Waals surface area (Å²) < 4.78 is 4.81. The van der Waals surface area contributed by atoms with Crippen molar-refractivity contribution in [3.8, 4) is 0 Å². The minimum Gasteiger partial charge on any atom is -0.464 e. The predicted molar refractivity (Wildman–Crippen MR) is 42.0 cm³/mol. The Bertz CT molecular complexity index is 166. The first kappa shape index (κ1) is 9.03. The second-order valence-corrected chi connectivity index (χ2v) is 2.91. The summed E-state index contributed by atoms with van der Waals surface area (Å²) in [5, 5.41) is 2.12. The van der Waals surface area contributed by atoms with Gasteiger partial charge in [-0.2, -0.15) is 0 Å². The summed E-state index contributed by atoms with van der Waals surface area (Å²) in [5.41, 5.74) is 0. The second-order valence-electron chi connectivity index (χ2n) is 2.91. The van der Waals surface area contributed by atoms with Crippen LogP contribution in [-0.4, -0.2) is 25.5 Å². The average molecular weight is 170 g/mol. The van der Waals surface area contributed by atoms with E-state index >= 15 is 0 Å². The molecule has 12 heavy (non-hydrogen) atoms. The van der Waals surface area contributed by atoms with E-state index in [0.717, 1.165) is 12.3 Å². The molecule has 0 atom stereocenters. The van der Waals surface area contributed by atoms with Crippen LogP contribution in [0.3, 0.4) is 0 Å². The van der Waals surface area contributed by atoms with E-state index in [1.807, 2.05) is 0 Å². The minimum atomic E-state index is -0.390. The summed E-state index contributed by atoms with van der Waals surface area (Å²) in [4.78, 5) is 20.4. The highest BCUT2D eigenvalue weighted by Gasteiger charge is 2.20. The van der Waals surface area contributed by atoms with Gasteiger partial charge in [-0.25, -0.2) is 0 Å². The minimum absolute atomic E-state index is 0.0752. The van der Waals surface area contributed by atoms with E-state index < -0.39 is 0 Å². The lowest BCUT2D eigenvalue weighted by Crippen LogP contribution is -2.23. The molecule has 1 aliphatic carbocycles. The first-order chi connectivity index (χ1) is 5.83. The summed E-state index contributed by atoms with van der Waals surface area (Å²) in [6.45, 7) is 0.401. The van der Waals surface area contributed by atoms with E-state index in [2.05, 4.69) is 5.32 Å². The number of hydrogen-bond donors (Lipinski definition) is 1. The zero-order chi connectivity index (χ0) is 8.81. The van der Waals surface area contributed by atoms with Gasteiger partial charge in [0.25, 0.3) is 0 Å². The smallest absolute Gasteiger partial charge is 0.325 e. The molecular weight excluding hydrogens is 158 g/mol. The summed E-state index contributed by atoms with van der Waals surface area (Å²) in [6.07, 6.45) is 4.89. The molecule has 0 bridgehead atoms. The van der Waals surface area contributed by atoms with Crippen molar-refractivity contribution in [2.75, 3.05) is 13.2 Å². The van der Waals surface area contributed by atoms with Gasteiger partial charge in [0.1, 0.15) is 6.54 Å². The number of hydrogen-bond acceptors (Lipinski definition) is 3. The zero-order valence-corrected chi connectivity index (χ0v) is 6.84. The molecule has 0 spiro atoms. The second kappa shape index (κ2) is 4.74. The maximum atomic E-state index is 10.7. The molecule has 0 aromatic rings. The van der Waals surface area contributed by atoms with Gasteiger partial charge in [0, 0.05) is 0 Å². The number of ether oxygens (including phenoxy) is 1. The van der Waals surface area contributed by atoms with Crippen molar-refractivity contribution in [1.82, 2.24) is 5.32 Å². The standard InChI is InChI=1S/C8H12NO3/c10-6-9-5-8(11)12-4-3-7-1-2-7/h7H,1-5H2,(H,9,10). The molecular formula is C8H12NO3. The number of nitrogens with one attached hydrogen (secondary N) is 1. The SMILES string of the molecule is O=[C]NCC(=O)OCCC1CC1. The Hall–Kier alpha value is -1.06. The Balaban J connectivity index is 1.89. The highest BCUT2D eigenvalue weighted by molar-refractivity contribution is 5.74. The van der Waals surface area contributed by atoms with Gasteiger partial charge in [0.15, 0.2) is 0 Å². The number of rotatable bonds is 6. The molecule has 1 N–H and O–H groups in total. The van der Waals surface area contributed by atoms with Crippen molar-refractivity contribution >= 4 is 12.4 Å². The molecule has 1 aliphatic rings. The van der Waals surface area contributed by atoms with E-state index in [4.69, 9.17) is 4.74 Å². The number of carbonyl (C=O) groups excluding carboxylic acids is 2. The van der Waals surface area contributed by atoms with Gasteiger partial charge in [-0.05, 0) is 12.3 Å². The van der Waals surface area contributed by atoms with Crippen LogP contribution in [0.1, 0.15) is 19.3 Å². The quantitative estimate of drug-likeness (QED) is 0.450. The molecule has 67 valence electrons. The van der Waals surface area contributed by atoms with E-state index in [1.165, 1.54) is 19.3 Å². The van der Waals surface area contributed by atoms with Crippen molar-refractivity contribution in [1.29, 1.82) is 0 Å². The molecule has 1 radical (unpaired) electrons. The third-order valence-electron chi connectivity index (χ3n) is 1.79. The third-order valence-corrected chi connectivity index (χ3v) is 1.79. The molecule has 0 aliphatic heterocycles. The molecule has 0 unspecified atom stereocenters. The summed E-state index contributed by atoms with van der Waals surface area (Å²) >= 11 is 0. The molecule has 4 nitrogen and oxygen atoms in total. The predicted octanol–water partition coefficient (Wildman–Crippen LogP) is -0.0135. The maximum Gasteiger partial charge on any atom is 0.325 e. The fourth-order valence-electron chi connectivity index (χ4n) is 0.905. The van der Waals surface area contributed by atoms with Gasteiger partial charge in [0.05, 0.1) is 6.61 Å². The van der Waals surface area contributed by atoms with Crippen molar-refractivity contribution in [3.63, 3.8) is 0 Å². The normalized spacial score (nSPS) is 15.3. The third kappa shape index (κ3) is 3.95. The Morgan fingerprint density at radius 3 is 2.92 bits per heavy atom. The number of carbonyl (C=O) groups is 1. The molecule has 0 aromatic carbocycles. The van der Waals surface area contributed by atoms with E-state index in [1.54, 1.807) is 0 Å². The van der Waals surface area contributed by atoms with Crippen LogP contribution in [0.4, 0.5) is 0 Å². The van der Waals surface area contributed by atoms with Gasteiger partial charge in [-0.15, -0.1) is 0 Å². The van der Waals surface area contributed by atoms with Crippen LogP contribution in [0, 0.1) is 5.92 Å². The lowest BCUT2D eigenvalue weighted by molar-refractivity contribution is -0.142. The molecule has 1 rings (SSSR count). The molecule has 0 saturated heterocycles. The van der Waals surface area contributed by atoms with Gasteiger partial charge >= 0.3 is 12.4 Å². The van der Waals surface area contributed by atoms with Crippen LogP contribution >= 0.6 is 0 Å². The van der Waals surface area contributed by atoms with Gasteiger partial charge < -0.3 is 10.1 Å². The monoisotopic (exact) mass is 170 g/mol. The number of amides is 1. The van der Waals surface area contributed by atoms with Gasteiger partial charge in [-0.3, -0.25) is 9.59 Å². The number of esters is 1. The first-order valence-corrected chi connectivity index (χ1v) is 4.08. The lowest BCUT2D eigenvalue weighted by atomic mass is 10.3. The molecule has 1 fully saturated rings. The van der Waals surface area contributed by atoms with Crippen LogP contribution in [-0.2, 0) is 14.3 Å². The van der Waals surface area contributed by atoms with Crippen LogP contribution in [0.2, 0.25) is 0 Å². The molecule has 1 saturated carbocycles. The van der Waals surface area contributed by atoms with E-state index in [9.17, 15) is 9.59 Å². The van der Waals surface area contributed by atoms with Gasteiger partial charge in [0.2, 0.25) is 0 Å². The Kier molecular flexibility index (Phi) is 3.57. The van der Waals surface area contributed by atoms with Crippen molar-refractivity contribution in [3.05, 3.63) is 0 Å². The zero-order valence-electron chi connectivity index (χ0n) is 6.84. The molecule has 1 amide bonds. The van der Waals surface area contributed by atoms with Crippen molar-refractivity contribution in [2.45, 2.75) is 19.3 Å². The van der Waals surface area contributed by atoms with Gasteiger partial charge in [-0.1, -0.05) is 12.8 Å². The summed E-state index contributed by atoms with van der Waals surface area (Å²) in [6, 6.07) is 0. The molecule has 0 aromatic heterocycles. The van der Waals surface area contributed by atoms with Crippen LogP contribution in [0.15, 0.2) is 0 Å².